The van der Waals surface area contributed by atoms with E-state index < -0.39 is 7.82 Å². The summed E-state index contributed by atoms with van der Waals surface area (Å²) in [5.74, 6) is 1.01. The van der Waals surface area contributed by atoms with Crippen molar-refractivity contribution in [1.82, 2.24) is 0 Å². The van der Waals surface area contributed by atoms with Crippen molar-refractivity contribution in [3.8, 4) is 0 Å². The van der Waals surface area contributed by atoms with E-state index in [9.17, 15) is 0 Å². The van der Waals surface area contributed by atoms with Crippen molar-refractivity contribution < 1.29 is 33.9 Å². The Morgan fingerprint density at radius 2 is 1.45 bits per heavy atom. The van der Waals surface area contributed by atoms with E-state index >= 15 is 0 Å². The summed E-state index contributed by atoms with van der Waals surface area (Å²) in [5, 5.41) is 16.4. The highest BCUT2D eigenvalue weighted by Gasteiger charge is 2.02. The zero-order valence-electron chi connectivity index (χ0n) is 13.4. The van der Waals surface area contributed by atoms with Gasteiger partial charge in [-0.1, -0.05) is 6.92 Å². The number of hydrogen-bond donors (Lipinski definition) is 5. The lowest BCUT2D eigenvalue weighted by molar-refractivity contribution is -0.870. The topological polar surface area (TPSA) is 121 Å². The molecule has 0 bridgehead atoms. The second kappa shape index (κ2) is 17.4. The van der Waals surface area contributed by atoms with Gasteiger partial charge < -0.3 is 29.4 Å². The van der Waals surface area contributed by atoms with Gasteiger partial charge in [0.2, 0.25) is 0 Å². The Hall–Kier alpha value is 0.340. The molecule has 0 aromatic rings. The van der Waals surface area contributed by atoms with E-state index in [1.807, 2.05) is 0 Å². The van der Waals surface area contributed by atoms with Crippen molar-refractivity contribution >= 4 is 20.5 Å². The largest absolute Gasteiger partial charge is 0.756 e. The fourth-order valence-electron chi connectivity index (χ4n) is 0.300. The maximum atomic E-state index is 8.77. The van der Waals surface area contributed by atoms with Crippen LogP contribution in [0.5, 0.6) is 0 Å². The van der Waals surface area contributed by atoms with Gasteiger partial charge in [0.1, 0.15) is 6.54 Å². The predicted octanol–water partition coefficient (Wildman–Crippen LogP) is -0.162. The molecule has 0 rings (SSSR count). The summed E-state index contributed by atoms with van der Waals surface area (Å²) in [6.07, 6.45) is 1.02. The Balaban J connectivity index is -0.0000000883. The number of aliphatic hydroxyl groups excluding tert-OH is 2. The van der Waals surface area contributed by atoms with Gasteiger partial charge in [-0.05, 0) is 26.0 Å². The summed E-state index contributed by atoms with van der Waals surface area (Å²) < 4.78 is 9.61. The van der Waals surface area contributed by atoms with Crippen molar-refractivity contribution in [2.24, 2.45) is 0 Å². The molecule has 0 saturated carbocycles. The van der Waals surface area contributed by atoms with Gasteiger partial charge in [-0.3, -0.25) is 4.57 Å². The minimum Gasteiger partial charge on any atom is -0.756 e. The molecule has 0 spiro atoms. The number of nitrogens with zero attached hydrogens (tertiary/aromatic N) is 1. The van der Waals surface area contributed by atoms with Gasteiger partial charge in [-0.2, -0.15) is 12.6 Å². The van der Waals surface area contributed by atoms with Gasteiger partial charge >= 0.3 is 0 Å². The summed E-state index contributed by atoms with van der Waals surface area (Å²) in [6.45, 7) is 6.66. The van der Waals surface area contributed by atoms with Gasteiger partial charge in [0.05, 0.1) is 27.7 Å². The summed E-state index contributed by atoms with van der Waals surface area (Å²) in [7, 11) is 1.27. The third kappa shape index (κ3) is 193. The van der Waals surface area contributed by atoms with Crippen LogP contribution in [-0.4, -0.2) is 70.6 Å². The normalized spacial score (nSPS) is 10.4. The molecule has 0 amide bonds. The third-order valence-corrected chi connectivity index (χ3v) is 1.44. The summed E-state index contributed by atoms with van der Waals surface area (Å²) in [5.41, 5.74) is 0. The first-order valence-corrected chi connectivity index (χ1v) is 8.34. The van der Waals surface area contributed by atoms with Crippen LogP contribution in [0, 0.1) is 0 Å². The SMILES string of the molecule is CC(C)O.CCCS.C[N+](C)(C)CCO.O=P([O-])(O)O. The van der Waals surface area contributed by atoms with Crippen molar-refractivity contribution in [3.63, 3.8) is 0 Å². The fraction of sp³-hybridized carbons (Fsp3) is 1.00. The van der Waals surface area contributed by atoms with Gasteiger partial charge in [0.15, 0.2) is 0 Å². The highest BCUT2D eigenvalue weighted by atomic mass is 32.1. The molecule has 0 aromatic carbocycles. The molecular weight excluding hydrogens is 305 g/mol. The highest BCUT2D eigenvalue weighted by Crippen LogP contribution is 2.18. The molecule has 9 heteroatoms. The highest BCUT2D eigenvalue weighted by molar-refractivity contribution is 7.80. The summed E-state index contributed by atoms with van der Waals surface area (Å²) >= 11 is 3.92. The number of hydrogen-bond acceptors (Lipinski definition) is 5. The van der Waals surface area contributed by atoms with E-state index in [0.717, 1.165) is 16.8 Å². The molecular formula is C11H32NO6PS. The fourth-order valence-corrected chi connectivity index (χ4v) is 0.300. The van der Waals surface area contributed by atoms with Crippen molar-refractivity contribution in [2.45, 2.75) is 33.3 Å². The van der Waals surface area contributed by atoms with Crippen LogP contribution < -0.4 is 4.89 Å². The minimum absolute atomic E-state index is 0.167. The van der Waals surface area contributed by atoms with Crippen LogP contribution in [0.4, 0.5) is 0 Å². The molecule has 0 heterocycles. The van der Waals surface area contributed by atoms with Crippen LogP contribution in [0.1, 0.15) is 27.2 Å². The van der Waals surface area contributed by atoms with Gasteiger partial charge in [-0.25, -0.2) is 0 Å². The van der Waals surface area contributed by atoms with E-state index in [-0.39, 0.29) is 12.7 Å². The lowest BCUT2D eigenvalue weighted by Gasteiger charge is -2.21. The van der Waals surface area contributed by atoms with Crippen LogP contribution in [0.3, 0.4) is 0 Å². The molecule has 0 saturated heterocycles. The van der Waals surface area contributed by atoms with Gasteiger partial charge in [0, 0.05) is 6.10 Å². The molecule has 0 radical (unpaired) electrons. The van der Waals surface area contributed by atoms with E-state index in [2.05, 4.69) is 40.7 Å². The van der Waals surface area contributed by atoms with Crippen LogP contribution in [0.25, 0.3) is 0 Å². The smallest absolute Gasteiger partial charge is 0.262 e. The molecule has 128 valence electrons. The Morgan fingerprint density at radius 1 is 1.25 bits per heavy atom. The quantitative estimate of drug-likeness (QED) is 0.277. The van der Waals surface area contributed by atoms with Crippen molar-refractivity contribution in [1.29, 1.82) is 0 Å². The Labute approximate surface area is 128 Å². The molecule has 0 atom stereocenters. The minimum atomic E-state index is -4.89. The van der Waals surface area contributed by atoms with E-state index in [4.69, 9.17) is 29.5 Å². The Bertz CT molecular complexity index is 204. The van der Waals surface area contributed by atoms with Gasteiger partial charge in [-0.15, -0.1) is 0 Å². The van der Waals surface area contributed by atoms with E-state index in [1.165, 1.54) is 6.42 Å². The monoisotopic (exact) mass is 337 g/mol. The number of likely N-dealkylation sites (N-methyl/N-ethyl adjacent to an activating group) is 1. The summed E-state index contributed by atoms with van der Waals surface area (Å²) in [4.78, 5) is 22.9. The van der Waals surface area contributed by atoms with Crippen LogP contribution in [0.2, 0.25) is 0 Å². The number of rotatable bonds is 3. The molecule has 0 unspecified atom stereocenters. The molecule has 20 heavy (non-hydrogen) atoms. The van der Waals surface area contributed by atoms with E-state index in [1.54, 1.807) is 13.8 Å². The lowest BCUT2D eigenvalue weighted by atomic mass is 10.5. The molecule has 0 aliphatic heterocycles. The standard InChI is InChI=1S/C5H14NO.C3H8O.C3H8S.H3O4P/c1-6(2,3)4-5-7;1-3(2)4;1-2-3-4;1-5(2,3)4/h7H,4-5H2,1-3H3;3-4H,1-2H3;4H,2-3H2,1H3;(H3,1,2,3,4)/q+1;;;/p-1. The van der Waals surface area contributed by atoms with Crippen molar-refractivity contribution in [3.05, 3.63) is 0 Å². The number of quaternary nitrogens is 1. The maximum absolute atomic E-state index is 8.77. The molecule has 0 aromatic heterocycles. The average Bonchev–Trinajstić information content (AvgIpc) is 2.12. The second-order valence-electron chi connectivity index (χ2n) is 5.05. The molecule has 7 nitrogen and oxygen atoms in total. The average molecular weight is 337 g/mol. The van der Waals surface area contributed by atoms with Crippen LogP contribution >= 0.6 is 20.5 Å². The van der Waals surface area contributed by atoms with Crippen molar-refractivity contribution in [2.75, 3.05) is 40.0 Å². The zero-order chi connectivity index (χ0) is 17.4. The number of thiol groups is 1. The predicted molar refractivity (Wildman–Crippen MR) is 83.5 cm³/mol. The third-order valence-electron chi connectivity index (χ3n) is 0.994. The first-order chi connectivity index (χ1) is 8.71. The first kappa shape index (κ1) is 28.5. The number of aliphatic hydroxyl groups is 2. The van der Waals surface area contributed by atoms with Crippen LogP contribution in [-0.2, 0) is 4.57 Å². The molecule has 0 aliphatic rings. The molecule has 0 fully saturated rings. The van der Waals surface area contributed by atoms with Gasteiger partial charge in [0.25, 0.3) is 7.82 Å². The first-order valence-electron chi connectivity index (χ1n) is 6.18. The number of phosphoric acid groups is 1. The lowest BCUT2D eigenvalue weighted by Crippen LogP contribution is -2.36. The van der Waals surface area contributed by atoms with Crippen LogP contribution in [0.15, 0.2) is 0 Å². The maximum Gasteiger partial charge on any atom is 0.262 e. The molecule has 0 aliphatic carbocycles. The Kier molecular flexibility index (Phi) is 24.8. The second-order valence-corrected chi connectivity index (χ2v) is 6.47. The van der Waals surface area contributed by atoms with E-state index in [0.29, 0.717) is 0 Å². The summed E-state index contributed by atoms with van der Waals surface area (Å²) in [6, 6.07) is 0. The zero-order valence-corrected chi connectivity index (χ0v) is 15.1. The Morgan fingerprint density at radius 3 is 1.45 bits per heavy atom. The molecule has 4 N–H and O–H groups in total.